The van der Waals surface area contributed by atoms with Crippen molar-refractivity contribution in [3.8, 4) is 0 Å². The van der Waals surface area contributed by atoms with E-state index in [1.807, 2.05) is 18.2 Å². The van der Waals surface area contributed by atoms with Gasteiger partial charge in [0, 0.05) is 17.6 Å². The molecule has 0 radical (unpaired) electrons. The van der Waals surface area contributed by atoms with E-state index < -0.39 is 0 Å². The van der Waals surface area contributed by atoms with Gasteiger partial charge in [-0.2, -0.15) is 0 Å². The van der Waals surface area contributed by atoms with E-state index in [4.69, 9.17) is 11.6 Å². The van der Waals surface area contributed by atoms with Gasteiger partial charge in [0.15, 0.2) is 0 Å². The summed E-state index contributed by atoms with van der Waals surface area (Å²) in [5.74, 6) is 0. The molecular weight excluding hydrogens is 266 g/mol. The first-order valence-corrected chi connectivity index (χ1v) is 7.41. The molecule has 0 saturated carbocycles. The molecule has 1 N–H and O–H groups in total. The molecule has 1 atom stereocenters. The molecule has 2 aromatic carbocycles. The minimum atomic E-state index is 0.311. The highest BCUT2D eigenvalue weighted by Crippen LogP contribution is 2.22. The number of aryl methyl sites for hydroxylation is 3. The molecule has 0 aliphatic heterocycles. The zero-order valence-electron chi connectivity index (χ0n) is 12.6. The van der Waals surface area contributed by atoms with Crippen molar-refractivity contribution >= 4 is 11.6 Å². The van der Waals surface area contributed by atoms with Crippen LogP contribution in [0.4, 0.5) is 0 Å². The topological polar surface area (TPSA) is 12.0 Å². The highest BCUT2D eigenvalue weighted by atomic mass is 35.5. The summed E-state index contributed by atoms with van der Waals surface area (Å²) in [6.07, 6.45) is 0. The van der Waals surface area contributed by atoms with E-state index in [1.165, 1.54) is 22.3 Å². The number of benzene rings is 2. The van der Waals surface area contributed by atoms with Crippen molar-refractivity contribution in [3.05, 3.63) is 69.2 Å². The molecule has 0 bridgehead atoms. The molecule has 1 nitrogen and oxygen atoms in total. The van der Waals surface area contributed by atoms with E-state index in [2.05, 4.69) is 51.2 Å². The zero-order chi connectivity index (χ0) is 14.7. The lowest BCUT2D eigenvalue weighted by atomic mass is 9.96. The van der Waals surface area contributed by atoms with Crippen LogP contribution in [0, 0.1) is 20.8 Å². The van der Waals surface area contributed by atoms with Gasteiger partial charge >= 0.3 is 0 Å². The summed E-state index contributed by atoms with van der Waals surface area (Å²) in [6, 6.07) is 12.8. The molecule has 0 saturated heterocycles. The summed E-state index contributed by atoms with van der Waals surface area (Å²) in [5.41, 5.74) is 6.54. The van der Waals surface area contributed by atoms with Crippen LogP contribution in [0.15, 0.2) is 36.4 Å². The third-order valence-electron chi connectivity index (χ3n) is 3.91. The molecule has 2 rings (SSSR count). The van der Waals surface area contributed by atoms with Crippen LogP contribution in [-0.2, 0) is 6.54 Å². The molecule has 0 spiro atoms. The molecule has 2 aromatic rings. The van der Waals surface area contributed by atoms with Gasteiger partial charge in [-0.3, -0.25) is 0 Å². The van der Waals surface area contributed by atoms with Crippen LogP contribution in [0.3, 0.4) is 0 Å². The molecule has 0 fully saturated rings. The quantitative estimate of drug-likeness (QED) is 0.823. The number of halogens is 1. The smallest absolute Gasteiger partial charge is 0.0450 e. The zero-order valence-corrected chi connectivity index (χ0v) is 13.4. The summed E-state index contributed by atoms with van der Waals surface area (Å²) < 4.78 is 0. The molecule has 1 unspecified atom stereocenters. The van der Waals surface area contributed by atoms with Crippen molar-refractivity contribution in [2.75, 3.05) is 0 Å². The van der Waals surface area contributed by atoms with E-state index in [0.717, 1.165) is 17.1 Å². The Morgan fingerprint density at radius 3 is 2.35 bits per heavy atom. The van der Waals surface area contributed by atoms with Crippen LogP contribution < -0.4 is 5.32 Å². The Kier molecular flexibility index (Phi) is 4.85. The molecule has 0 heterocycles. The van der Waals surface area contributed by atoms with E-state index in [0.29, 0.717) is 6.04 Å². The number of rotatable bonds is 4. The van der Waals surface area contributed by atoms with E-state index in [9.17, 15) is 0 Å². The van der Waals surface area contributed by atoms with Gasteiger partial charge in [0.1, 0.15) is 0 Å². The molecule has 0 aromatic heterocycles. The average molecular weight is 288 g/mol. The molecule has 2 heteroatoms. The summed E-state index contributed by atoms with van der Waals surface area (Å²) in [4.78, 5) is 0. The van der Waals surface area contributed by atoms with Gasteiger partial charge in [0.25, 0.3) is 0 Å². The van der Waals surface area contributed by atoms with Crippen molar-refractivity contribution < 1.29 is 0 Å². The molecule has 106 valence electrons. The molecule has 0 aliphatic carbocycles. The molecule has 0 aliphatic rings. The molecule has 20 heavy (non-hydrogen) atoms. The van der Waals surface area contributed by atoms with Crippen LogP contribution in [0.1, 0.15) is 40.8 Å². The Hall–Kier alpha value is -1.31. The van der Waals surface area contributed by atoms with Gasteiger partial charge in [-0.15, -0.1) is 0 Å². The van der Waals surface area contributed by atoms with Gasteiger partial charge in [0.05, 0.1) is 0 Å². The fraction of sp³-hybridized carbons (Fsp3) is 0.333. The lowest BCUT2D eigenvalue weighted by molar-refractivity contribution is 0.572. The number of hydrogen-bond acceptors (Lipinski definition) is 1. The van der Waals surface area contributed by atoms with Crippen LogP contribution >= 0.6 is 11.6 Å². The average Bonchev–Trinajstić information content (AvgIpc) is 2.41. The van der Waals surface area contributed by atoms with Gasteiger partial charge < -0.3 is 5.32 Å². The van der Waals surface area contributed by atoms with Crippen LogP contribution in [-0.4, -0.2) is 0 Å². The second kappa shape index (κ2) is 6.43. The molecular formula is C18H22ClN. The van der Waals surface area contributed by atoms with Crippen LogP contribution in [0.5, 0.6) is 0 Å². The third kappa shape index (κ3) is 3.41. The Bertz CT molecular complexity index is 604. The SMILES string of the molecule is Cc1cc(C)c(C(C)NCc2ccccc2Cl)cc1C. The summed E-state index contributed by atoms with van der Waals surface area (Å²) in [5, 5.41) is 4.38. The second-order valence-corrected chi connectivity index (χ2v) is 5.89. The summed E-state index contributed by atoms with van der Waals surface area (Å²) in [6.45, 7) is 9.49. The van der Waals surface area contributed by atoms with Crippen molar-refractivity contribution in [1.82, 2.24) is 5.32 Å². The fourth-order valence-electron chi connectivity index (χ4n) is 2.46. The second-order valence-electron chi connectivity index (χ2n) is 5.49. The van der Waals surface area contributed by atoms with E-state index in [-0.39, 0.29) is 0 Å². The summed E-state index contributed by atoms with van der Waals surface area (Å²) >= 11 is 6.19. The minimum absolute atomic E-state index is 0.311. The van der Waals surface area contributed by atoms with Gasteiger partial charge in [-0.05, 0) is 61.6 Å². The van der Waals surface area contributed by atoms with Crippen LogP contribution in [0.25, 0.3) is 0 Å². The first kappa shape index (κ1) is 15.1. The van der Waals surface area contributed by atoms with Gasteiger partial charge in [-0.25, -0.2) is 0 Å². The lowest BCUT2D eigenvalue weighted by Crippen LogP contribution is -2.19. The van der Waals surface area contributed by atoms with E-state index >= 15 is 0 Å². The maximum absolute atomic E-state index is 6.19. The molecule has 0 amide bonds. The third-order valence-corrected chi connectivity index (χ3v) is 4.27. The van der Waals surface area contributed by atoms with Gasteiger partial charge in [0.2, 0.25) is 0 Å². The summed E-state index contributed by atoms with van der Waals surface area (Å²) in [7, 11) is 0. The van der Waals surface area contributed by atoms with Gasteiger partial charge in [-0.1, -0.05) is 41.9 Å². The largest absolute Gasteiger partial charge is 0.306 e. The normalized spacial score (nSPS) is 12.4. The number of hydrogen-bond donors (Lipinski definition) is 1. The van der Waals surface area contributed by atoms with Crippen molar-refractivity contribution in [2.24, 2.45) is 0 Å². The Balaban J connectivity index is 2.11. The highest BCUT2D eigenvalue weighted by molar-refractivity contribution is 6.31. The van der Waals surface area contributed by atoms with Crippen molar-refractivity contribution in [1.29, 1.82) is 0 Å². The van der Waals surface area contributed by atoms with Crippen LogP contribution in [0.2, 0.25) is 5.02 Å². The Labute approximate surface area is 127 Å². The maximum Gasteiger partial charge on any atom is 0.0450 e. The maximum atomic E-state index is 6.19. The standard InChI is InChI=1S/C18H22ClN/c1-12-9-14(3)17(10-13(12)2)15(4)20-11-16-7-5-6-8-18(16)19/h5-10,15,20H,11H2,1-4H3. The Morgan fingerprint density at radius 2 is 1.65 bits per heavy atom. The predicted octanol–water partition coefficient (Wildman–Crippen LogP) is 5.12. The predicted molar refractivity (Wildman–Crippen MR) is 87.4 cm³/mol. The fourth-order valence-corrected chi connectivity index (χ4v) is 2.67. The van der Waals surface area contributed by atoms with Crippen molar-refractivity contribution in [3.63, 3.8) is 0 Å². The van der Waals surface area contributed by atoms with E-state index in [1.54, 1.807) is 0 Å². The first-order chi connectivity index (χ1) is 9.49. The lowest BCUT2D eigenvalue weighted by Gasteiger charge is -2.19. The van der Waals surface area contributed by atoms with Crippen molar-refractivity contribution in [2.45, 2.75) is 40.3 Å². The monoisotopic (exact) mass is 287 g/mol. The Morgan fingerprint density at radius 1 is 1.00 bits per heavy atom. The first-order valence-electron chi connectivity index (χ1n) is 7.03. The highest BCUT2D eigenvalue weighted by Gasteiger charge is 2.10. The number of nitrogens with one attached hydrogen (secondary N) is 1. The minimum Gasteiger partial charge on any atom is -0.306 e.